The van der Waals surface area contributed by atoms with Gasteiger partial charge in [-0.25, -0.2) is 8.42 Å². The second-order valence-corrected chi connectivity index (χ2v) is 10.4. The molecule has 0 spiro atoms. The monoisotopic (exact) mass is 482 g/mol. The molecule has 1 aromatic heterocycles. The molecule has 164 valence electrons. The molecule has 1 aromatic carbocycles. The molecular formula is C17H17ClF6O3S2. The number of alkyl halides is 6. The van der Waals surface area contributed by atoms with E-state index in [2.05, 4.69) is 0 Å². The smallest absolute Gasteiger partial charge is 0.600 e. The normalized spacial score (nSPS) is 17.6. The van der Waals surface area contributed by atoms with Gasteiger partial charge < -0.3 is 4.55 Å². The number of hydrogen-bond donors (Lipinski definition) is 0. The van der Waals surface area contributed by atoms with Gasteiger partial charge in [0.05, 0.1) is 10.5 Å². The van der Waals surface area contributed by atoms with Gasteiger partial charge in [0.1, 0.15) is 0 Å². The van der Waals surface area contributed by atoms with Crippen LogP contribution in [-0.4, -0.2) is 18.5 Å². The third-order valence-corrected chi connectivity index (χ3v) is 7.48. The molecule has 2 aromatic rings. The summed E-state index contributed by atoms with van der Waals surface area (Å²) < 4.78 is 100. The summed E-state index contributed by atoms with van der Waals surface area (Å²) in [4.78, 5) is 0.585. The highest BCUT2D eigenvalue weighted by Crippen LogP contribution is 2.55. The summed E-state index contributed by atoms with van der Waals surface area (Å²) in [6.07, 6.45) is 6.12. The number of fused-ring (bicyclic) bond motifs is 1. The van der Waals surface area contributed by atoms with Gasteiger partial charge in [-0.2, -0.15) is 13.2 Å². The fourth-order valence-electron chi connectivity index (χ4n) is 3.25. The molecule has 0 saturated heterocycles. The van der Waals surface area contributed by atoms with Crippen LogP contribution in [0.3, 0.4) is 0 Å². The maximum absolute atomic E-state index is 13.6. The molecule has 1 saturated carbocycles. The fourth-order valence-corrected chi connectivity index (χ4v) is 5.68. The van der Waals surface area contributed by atoms with Crippen molar-refractivity contribution in [2.24, 2.45) is 0 Å². The van der Waals surface area contributed by atoms with E-state index in [0.29, 0.717) is 20.0 Å². The van der Waals surface area contributed by atoms with Gasteiger partial charge in [-0.15, -0.1) is 13.2 Å². The lowest BCUT2D eigenvalue weighted by atomic mass is 9.98. The topological polar surface area (TPSA) is 57.2 Å². The summed E-state index contributed by atoms with van der Waals surface area (Å²) >= 11 is 5.91. The summed E-state index contributed by atoms with van der Waals surface area (Å²) in [5.74, 6) is 0.0728. The first-order valence-electron chi connectivity index (χ1n) is 8.56. The van der Waals surface area contributed by atoms with Crippen LogP contribution in [0.15, 0.2) is 24.3 Å². The van der Waals surface area contributed by atoms with Crippen molar-refractivity contribution in [3.05, 3.63) is 34.2 Å². The Morgan fingerprint density at radius 1 is 0.966 bits per heavy atom. The quantitative estimate of drug-likeness (QED) is 0.142. The van der Waals surface area contributed by atoms with Gasteiger partial charge in [0.2, 0.25) is 0 Å². The summed E-state index contributed by atoms with van der Waals surface area (Å²) in [5.41, 5.74) is -9.86. The predicted octanol–water partition coefficient (Wildman–Crippen LogP) is 7.21. The molecule has 1 aliphatic rings. The van der Waals surface area contributed by atoms with Crippen LogP contribution in [0.4, 0.5) is 26.3 Å². The molecule has 3 rings (SSSR count). The van der Waals surface area contributed by atoms with Gasteiger partial charge in [-0.3, -0.25) is 0 Å². The van der Waals surface area contributed by atoms with Gasteiger partial charge in [-0.1, -0.05) is 37.3 Å². The van der Waals surface area contributed by atoms with E-state index in [1.807, 2.05) is 0 Å². The molecule has 0 N–H and O–H groups in total. The Kier molecular flexibility index (Phi) is 7.51. The molecule has 12 heteroatoms. The molecule has 1 atom stereocenters. The molecule has 29 heavy (non-hydrogen) atoms. The van der Waals surface area contributed by atoms with E-state index in [1.165, 1.54) is 6.07 Å². The Hall–Kier alpha value is -1.04. The van der Waals surface area contributed by atoms with E-state index in [-0.39, 0.29) is 5.92 Å². The van der Waals surface area contributed by atoms with E-state index in [4.69, 9.17) is 24.6 Å². The molecule has 0 radical (unpaired) electrons. The van der Waals surface area contributed by atoms with Crippen molar-refractivity contribution in [1.29, 1.82) is 0 Å². The molecule has 1 heterocycles. The molecule has 1 unspecified atom stereocenters. The van der Waals surface area contributed by atoms with E-state index in [9.17, 15) is 26.3 Å². The third-order valence-electron chi connectivity index (χ3n) is 4.50. The first kappa shape index (κ1) is 24.2. The lowest BCUT2D eigenvalue weighted by Crippen LogP contribution is -2.21. The van der Waals surface area contributed by atoms with Crippen LogP contribution in [0.2, 0.25) is 5.02 Å². The number of halogens is 7. The minimum absolute atomic E-state index is 0.0728. The van der Waals surface area contributed by atoms with Crippen molar-refractivity contribution >= 4 is 42.3 Å². The van der Waals surface area contributed by atoms with Crippen LogP contribution in [0.25, 0.3) is 10.1 Å². The van der Waals surface area contributed by atoms with Gasteiger partial charge in [0.15, 0.2) is 19.7 Å². The predicted molar refractivity (Wildman–Crippen MR) is 98.9 cm³/mol. The lowest BCUT2D eigenvalue weighted by Gasteiger charge is -2.10. The van der Waals surface area contributed by atoms with Crippen molar-refractivity contribution in [2.75, 3.05) is 0 Å². The molecule has 0 bridgehead atoms. The average Bonchev–Trinajstić information content (AvgIpc) is 2.74. The number of thiophene rings is 1. The number of rotatable bonds is 1. The minimum atomic E-state index is -6.09. The zero-order chi connectivity index (χ0) is 22.0. The largest absolute Gasteiger partial charge is 0.741 e. The molecule has 3 nitrogen and oxygen atoms in total. The van der Waals surface area contributed by atoms with Gasteiger partial charge >= 0.3 is 11.0 Å². The second-order valence-electron chi connectivity index (χ2n) is 6.57. The minimum Gasteiger partial charge on any atom is -0.741 e. The molecule has 0 amide bonds. The van der Waals surface area contributed by atoms with Crippen molar-refractivity contribution in [2.45, 2.75) is 55.5 Å². The van der Waals surface area contributed by atoms with Gasteiger partial charge in [0.25, 0.3) is 0 Å². The van der Waals surface area contributed by atoms with Crippen LogP contribution < -0.4 is 0 Å². The van der Waals surface area contributed by atoms with Gasteiger partial charge in [0, 0.05) is 28.5 Å². The van der Waals surface area contributed by atoms with Crippen molar-refractivity contribution in [3.63, 3.8) is 0 Å². The van der Waals surface area contributed by atoms with Crippen LogP contribution >= 0.6 is 22.1 Å². The average molecular weight is 483 g/mol. The highest BCUT2D eigenvalue weighted by atomic mass is 35.5. The SMILES string of the molecule is FC(F)(F)[s+]1c(C2CCCCCC2)cc2ccc(Cl)cc21.O=S(=O)([O-])C(F)(F)F. The zero-order valence-electron chi connectivity index (χ0n) is 14.8. The molecule has 0 aliphatic heterocycles. The van der Waals surface area contributed by atoms with Crippen LogP contribution in [-0.2, 0) is 15.6 Å². The Bertz CT molecular complexity index is 942. The standard InChI is InChI=1S/C16H17ClF3S.CHF3O3S/c17-13-8-7-12-9-14(11-5-3-1-2-4-6-11)21(15(12)10-13)16(18,19)20;2-1(3,4)8(5,6)7/h7-11H,1-6H2;(H,5,6,7)/q+1;/p-1. The summed E-state index contributed by atoms with van der Waals surface area (Å²) in [5, 5.41) is 1.07. The van der Waals surface area contributed by atoms with Crippen molar-refractivity contribution in [1.82, 2.24) is 0 Å². The molecule has 1 aliphatic carbocycles. The second kappa shape index (κ2) is 8.99. The fraction of sp³-hybridized carbons (Fsp3) is 0.529. The summed E-state index contributed by atoms with van der Waals surface area (Å²) in [7, 11) is -7.89. The highest BCUT2D eigenvalue weighted by Gasteiger charge is 2.49. The van der Waals surface area contributed by atoms with Crippen LogP contribution in [0.5, 0.6) is 0 Å². The lowest BCUT2D eigenvalue weighted by molar-refractivity contribution is -0.0868. The van der Waals surface area contributed by atoms with E-state index in [0.717, 1.165) is 38.5 Å². The zero-order valence-corrected chi connectivity index (χ0v) is 17.2. The van der Waals surface area contributed by atoms with Crippen molar-refractivity contribution in [3.8, 4) is 0 Å². The maximum Gasteiger partial charge on any atom is 0.600 e. The molecule has 1 fully saturated rings. The highest BCUT2D eigenvalue weighted by molar-refractivity contribution is 7.86. The Labute approximate surface area is 171 Å². The van der Waals surface area contributed by atoms with Crippen molar-refractivity contribution < 1.29 is 39.3 Å². The van der Waals surface area contributed by atoms with E-state index >= 15 is 0 Å². The first-order chi connectivity index (χ1) is 13.2. The molecular weight excluding hydrogens is 466 g/mol. The number of benzene rings is 1. The Balaban J connectivity index is 0.000000321. The summed E-state index contributed by atoms with van der Waals surface area (Å²) in [6, 6.07) is 6.66. The maximum atomic E-state index is 13.6. The third kappa shape index (κ3) is 6.22. The summed E-state index contributed by atoms with van der Waals surface area (Å²) in [6.45, 7) is 0. The van der Waals surface area contributed by atoms with E-state index < -0.39 is 31.6 Å². The Morgan fingerprint density at radius 2 is 1.48 bits per heavy atom. The van der Waals surface area contributed by atoms with Gasteiger partial charge in [-0.05, 0) is 25.0 Å². The number of hydrogen-bond acceptors (Lipinski definition) is 3. The Morgan fingerprint density at radius 3 is 1.93 bits per heavy atom. The van der Waals surface area contributed by atoms with E-state index in [1.54, 1.807) is 18.2 Å². The first-order valence-corrected chi connectivity index (χ1v) is 11.6. The van der Waals surface area contributed by atoms with Crippen LogP contribution in [0.1, 0.15) is 49.3 Å². The van der Waals surface area contributed by atoms with Crippen LogP contribution in [0, 0.1) is 0 Å².